The predicted octanol–water partition coefficient (Wildman–Crippen LogP) is 3.70. The van der Waals surface area contributed by atoms with E-state index in [0.717, 1.165) is 0 Å². The Bertz CT molecular complexity index is 664. The zero-order valence-electron chi connectivity index (χ0n) is 10.2. The number of nitrogens with one attached hydrogen (secondary N) is 1. The summed E-state index contributed by atoms with van der Waals surface area (Å²) < 4.78 is 12.7. The number of pyridine rings is 1. The van der Waals surface area contributed by atoms with E-state index in [9.17, 15) is 9.18 Å². The van der Waals surface area contributed by atoms with Crippen LogP contribution in [0.2, 0.25) is 10.2 Å². The van der Waals surface area contributed by atoms with Crippen molar-refractivity contribution in [3.63, 3.8) is 0 Å². The van der Waals surface area contributed by atoms with E-state index in [1.165, 1.54) is 30.5 Å². The standard InChI is InChI=1S/C13H10Cl2FN3O/c14-9-6-18-12(15)4-11(9)19-10-3-7(5-16)1-2-8(10)13(17)20/h1-4,6H,5H2,(H2,17,20)(H,18,19). The van der Waals surface area contributed by atoms with Crippen LogP contribution in [0.4, 0.5) is 15.8 Å². The topological polar surface area (TPSA) is 68.0 Å². The quantitative estimate of drug-likeness (QED) is 0.846. The maximum atomic E-state index is 12.7. The summed E-state index contributed by atoms with van der Waals surface area (Å²) in [6, 6.07) is 5.93. The fourth-order valence-corrected chi connectivity index (χ4v) is 1.96. The van der Waals surface area contributed by atoms with Gasteiger partial charge in [0.05, 0.1) is 22.0 Å². The van der Waals surface area contributed by atoms with Crippen molar-refractivity contribution in [2.45, 2.75) is 6.67 Å². The van der Waals surface area contributed by atoms with Gasteiger partial charge in [-0.15, -0.1) is 0 Å². The molecule has 20 heavy (non-hydrogen) atoms. The fraction of sp³-hybridized carbons (Fsp3) is 0.0769. The summed E-state index contributed by atoms with van der Waals surface area (Å²) in [5.74, 6) is -0.630. The summed E-state index contributed by atoms with van der Waals surface area (Å²) in [5.41, 5.74) is 6.73. The second kappa shape index (κ2) is 6.07. The monoisotopic (exact) mass is 313 g/mol. The van der Waals surface area contributed by atoms with Crippen LogP contribution in [0.5, 0.6) is 0 Å². The van der Waals surface area contributed by atoms with E-state index in [1.807, 2.05) is 0 Å². The minimum absolute atomic E-state index is 0.228. The number of nitrogens with zero attached hydrogens (tertiary/aromatic N) is 1. The molecule has 7 heteroatoms. The predicted molar refractivity (Wildman–Crippen MR) is 77.3 cm³/mol. The zero-order valence-corrected chi connectivity index (χ0v) is 11.7. The van der Waals surface area contributed by atoms with Gasteiger partial charge in [-0.1, -0.05) is 29.3 Å². The van der Waals surface area contributed by atoms with Gasteiger partial charge in [0.1, 0.15) is 11.8 Å². The molecule has 1 amide bonds. The van der Waals surface area contributed by atoms with Gasteiger partial charge in [0.25, 0.3) is 5.91 Å². The molecule has 3 N–H and O–H groups in total. The molecule has 0 aliphatic rings. The number of amides is 1. The van der Waals surface area contributed by atoms with Gasteiger partial charge in [-0.2, -0.15) is 0 Å². The van der Waals surface area contributed by atoms with Gasteiger partial charge < -0.3 is 11.1 Å². The van der Waals surface area contributed by atoms with Gasteiger partial charge in [0.15, 0.2) is 0 Å². The molecule has 104 valence electrons. The highest BCUT2D eigenvalue weighted by atomic mass is 35.5. The van der Waals surface area contributed by atoms with Crippen molar-refractivity contribution in [3.8, 4) is 0 Å². The number of benzene rings is 1. The molecule has 0 fully saturated rings. The summed E-state index contributed by atoms with van der Waals surface area (Å²) in [6.07, 6.45) is 1.37. The summed E-state index contributed by atoms with van der Waals surface area (Å²) in [7, 11) is 0. The summed E-state index contributed by atoms with van der Waals surface area (Å²) >= 11 is 11.8. The first-order chi connectivity index (χ1) is 9.51. The van der Waals surface area contributed by atoms with E-state index in [0.29, 0.717) is 22.0 Å². The van der Waals surface area contributed by atoms with Crippen LogP contribution >= 0.6 is 23.2 Å². The van der Waals surface area contributed by atoms with Crippen LogP contribution in [0.15, 0.2) is 30.5 Å². The number of aromatic nitrogens is 1. The van der Waals surface area contributed by atoms with Gasteiger partial charge in [-0.05, 0) is 17.7 Å². The lowest BCUT2D eigenvalue weighted by molar-refractivity contribution is 0.100. The Labute approximate surface area is 124 Å². The Hall–Kier alpha value is -1.85. The number of anilines is 2. The van der Waals surface area contributed by atoms with Gasteiger partial charge >= 0.3 is 0 Å². The van der Waals surface area contributed by atoms with E-state index in [1.54, 1.807) is 0 Å². The van der Waals surface area contributed by atoms with Crippen molar-refractivity contribution in [1.82, 2.24) is 4.98 Å². The van der Waals surface area contributed by atoms with Gasteiger partial charge in [-0.3, -0.25) is 4.79 Å². The van der Waals surface area contributed by atoms with Crippen LogP contribution in [-0.2, 0) is 6.67 Å². The molecule has 0 aliphatic carbocycles. The van der Waals surface area contributed by atoms with Crippen molar-refractivity contribution < 1.29 is 9.18 Å². The number of carbonyl (C=O) groups is 1. The van der Waals surface area contributed by atoms with Crippen molar-refractivity contribution in [2.75, 3.05) is 5.32 Å². The number of rotatable bonds is 4. The summed E-state index contributed by atoms with van der Waals surface area (Å²) in [6.45, 7) is -0.654. The molecule has 0 unspecified atom stereocenters. The number of alkyl halides is 1. The summed E-state index contributed by atoms with van der Waals surface area (Å²) in [5, 5.41) is 3.46. The molecule has 2 aromatic rings. The van der Waals surface area contributed by atoms with Gasteiger partial charge in [-0.25, -0.2) is 9.37 Å². The lowest BCUT2D eigenvalue weighted by Gasteiger charge is -2.12. The first kappa shape index (κ1) is 14.6. The zero-order chi connectivity index (χ0) is 14.7. The molecule has 0 radical (unpaired) electrons. The molecular weight excluding hydrogens is 304 g/mol. The Kier molecular flexibility index (Phi) is 4.42. The van der Waals surface area contributed by atoms with Crippen LogP contribution in [0.1, 0.15) is 15.9 Å². The lowest BCUT2D eigenvalue weighted by Crippen LogP contribution is -2.13. The molecule has 4 nitrogen and oxygen atoms in total. The van der Waals surface area contributed by atoms with Crippen molar-refractivity contribution in [1.29, 1.82) is 0 Å². The third kappa shape index (κ3) is 3.18. The normalized spacial score (nSPS) is 10.3. The van der Waals surface area contributed by atoms with E-state index >= 15 is 0 Å². The van der Waals surface area contributed by atoms with Gasteiger partial charge in [0.2, 0.25) is 0 Å². The van der Waals surface area contributed by atoms with Crippen LogP contribution in [0.3, 0.4) is 0 Å². The van der Waals surface area contributed by atoms with E-state index in [-0.39, 0.29) is 10.7 Å². The SMILES string of the molecule is NC(=O)c1ccc(CF)cc1Nc1cc(Cl)ncc1Cl. The van der Waals surface area contributed by atoms with Crippen LogP contribution in [0.25, 0.3) is 0 Å². The summed E-state index contributed by atoms with van der Waals surface area (Å²) in [4.78, 5) is 15.2. The highest BCUT2D eigenvalue weighted by Crippen LogP contribution is 2.29. The smallest absolute Gasteiger partial charge is 0.250 e. The molecule has 2 rings (SSSR count). The molecule has 0 saturated heterocycles. The number of primary amides is 1. The maximum Gasteiger partial charge on any atom is 0.250 e. The second-order valence-corrected chi connectivity index (χ2v) is 4.78. The molecule has 1 heterocycles. The number of carbonyl (C=O) groups excluding carboxylic acids is 1. The van der Waals surface area contributed by atoms with Crippen molar-refractivity contribution in [2.24, 2.45) is 5.73 Å². The molecule has 0 saturated carbocycles. The Morgan fingerprint density at radius 2 is 2.05 bits per heavy atom. The van der Waals surface area contributed by atoms with Gasteiger partial charge in [0, 0.05) is 12.3 Å². The third-order valence-electron chi connectivity index (χ3n) is 2.60. The number of halogens is 3. The first-order valence-electron chi connectivity index (χ1n) is 5.58. The average molecular weight is 314 g/mol. The highest BCUT2D eigenvalue weighted by molar-refractivity contribution is 6.34. The van der Waals surface area contributed by atoms with Crippen molar-refractivity contribution in [3.05, 3.63) is 51.8 Å². The van der Waals surface area contributed by atoms with E-state index < -0.39 is 12.6 Å². The van der Waals surface area contributed by atoms with Crippen molar-refractivity contribution >= 4 is 40.5 Å². The largest absolute Gasteiger partial charge is 0.366 e. The number of nitrogens with two attached hydrogens (primary N) is 1. The Morgan fingerprint density at radius 1 is 1.30 bits per heavy atom. The lowest BCUT2D eigenvalue weighted by atomic mass is 10.1. The molecule has 0 aliphatic heterocycles. The minimum Gasteiger partial charge on any atom is -0.366 e. The highest BCUT2D eigenvalue weighted by Gasteiger charge is 2.11. The molecule has 0 spiro atoms. The molecular formula is C13H10Cl2FN3O. The van der Waals surface area contributed by atoms with Crippen LogP contribution in [0, 0.1) is 0 Å². The van der Waals surface area contributed by atoms with E-state index in [4.69, 9.17) is 28.9 Å². The van der Waals surface area contributed by atoms with Crippen LogP contribution in [-0.4, -0.2) is 10.9 Å². The molecule has 1 aromatic carbocycles. The molecule has 0 atom stereocenters. The second-order valence-electron chi connectivity index (χ2n) is 3.99. The minimum atomic E-state index is -0.654. The average Bonchev–Trinajstić information content (AvgIpc) is 2.42. The number of hydrogen-bond donors (Lipinski definition) is 2. The first-order valence-corrected chi connectivity index (χ1v) is 6.33. The Morgan fingerprint density at radius 3 is 2.70 bits per heavy atom. The molecule has 1 aromatic heterocycles. The van der Waals surface area contributed by atoms with E-state index in [2.05, 4.69) is 10.3 Å². The third-order valence-corrected chi connectivity index (χ3v) is 3.10. The van der Waals surface area contributed by atoms with Crippen LogP contribution < -0.4 is 11.1 Å². The fourth-order valence-electron chi connectivity index (χ4n) is 1.65. The maximum absolute atomic E-state index is 12.7. The molecule has 0 bridgehead atoms. The number of hydrogen-bond acceptors (Lipinski definition) is 3. The Balaban J connectivity index is 2.45.